The highest BCUT2D eigenvalue weighted by Crippen LogP contribution is 2.03. The Kier molecular flexibility index (Phi) is 3.13. The van der Waals surface area contributed by atoms with Crippen LogP contribution in [0.3, 0.4) is 0 Å². The average molecular weight is 233 g/mol. The van der Waals surface area contributed by atoms with Gasteiger partial charge in [-0.05, 0) is 19.1 Å². The van der Waals surface area contributed by atoms with Crippen molar-refractivity contribution in [3.63, 3.8) is 0 Å². The number of nitrogens with one attached hydrogen (secondary N) is 1. The fraction of sp³-hybridized carbons (Fsp3) is 0.273. The lowest BCUT2D eigenvalue weighted by Crippen LogP contribution is -2.20. The molecule has 6 nitrogen and oxygen atoms in total. The van der Waals surface area contributed by atoms with Gasteiger partial charge in [0.1, 0.15) is 5.69 Å². The van der Waals surface area contributed by atoms with E-state index in [9.17, 15) is 9.59 Å². The number of hydrogen-bond acceptors (Lipinski definition) is 5. The van der Waals surface area contributed by atoms with E-state index >= 15 is 0 Å². The second-order valence-corrected chi connectivity index (χ2v) is 3.37. The molecule has 0 fully saturated rings. The molecule has 2 heterocycles. The van der Waals surface area contributed by atoms with Crippen LogP contribution in [0.4, 0.5) is 0 Å². The van der Waals surface area contributed by atoms with E-state index in [0.717, 1.165) is 0 Å². The minimum absolute atomic E-state index is 0.120. The molecule has 0 aliphatic carbocycles. The van der Waals surface area contributed by atoms with Gasteiger partial charge in [0.2, 0.25) is 0 Å². The molecule has 0 saturated heterocycles. The highest BCUT2D eigenvalue weighted by molar-refractivity contribution is 5.73. The third-order valence-corrected chi connectivity index (χ3v) is 2.15. The van der Waals surface area contributed by atoms with Crippen molar-refractivity contribution in [3.8, 4) is 0 Å². The van der Waals surface area contributed by atoms with Gasteiger partial charge >= 0.3 is 5.97 Å². The first-order chi connectivity index (χ1) is 8.20. The number of fused-ring (bicyclic) bond motifs is 1. The number of carbonyl (C=O) groups is 1. The van der Waals surface area contributed by atoms with E-state index in [4.69, 9.17) is 4.74 Å². The van der Waals surface area contributed by atoms with Crippen LogP contribution in [0.25, 0.3) is 11.2 Å². The van der Waals surface area contributed by atoms with Gasteiger partial charge in [-0.25, -0.2) is 9.97 Å². The normalized spacial score (nSPS) is 10.4. The van der Waals surface area contributed by atoms with Crippen LogP contribution in [0, 0.1) is 0 Å². The number of aromatic amines is 1. The van der Waals surface area contributed by atoms with Crippen molar-refractivity contribution in [2.75, 3.05) is 6.61 Å². The van der Waals surface area contributed by atoms with Crippen LogP contribution in [0.5, 0.6) is 0 Å². The van der Waals surface area contributed by atoms with Gasteiger partial charge in [-0.15, -0.1) is 0 Å². The molecule has 17 heavy (non-hydrogen) atoms. The molecule has 0 aliphatic rings. The van der Waals surface area contributed by atoms with Crippen molar-refractivity contribution in [1.82, 2.24) is 15.0 Å². The van der Waals surface area contributed by atoms with E-state index < -0.39 is 11.5 Å². The summed E-state index contributed by atoms with van der Waals surface area (Å²) in [6.45, 7) is 1.99. The minimum atomic E-state index is -0.471. The van der Waals surface area contributed by atoms with Gasteiger partial charge in [0, 0.05) is 6.20 Å². The zero-order valence-electron chi connectivity index (χ0n) is 9.27. The molecule has 2 aromatic rings. The van der Waals surface area contributed by atoms with E-state index in [-0.39, 0.29) is 18.7 Å². The number of pyridine rings is 1. The number of rotatable bonds is 3. The van der Waals surface area contributed by atoms with Crippen molar-refractivity contribution >= 4 is 17.1 Å². The standard InChI is InChI=1S/C11H11N3O3/c1-2-17-9(15)6-8-11(16)14-7-4-3-5-12-10(7)13-8/h3-5H,2,6H2,1H3,(H,14,16). The van der Waals surface area contributed by atoms with Crippen LogP contribution in [-0.2, 0) is 16.0 Å². The molecule has 2 rings (SSSR count). The maximum atomic E-state index is 11.6. The summed E-state index contributed by atoms with van der Waals surface area (Å²) in [6.07, 6.45) is 1.43. The summed E-state index contributed by atoms with van der Waals surface area (Å²) in [5, 5.41) is 0. The smallest absolute Gasteiger partial charge is 0.312 e. The van der Waals surface area contributed by atoms with Crippen LogP contribution in [-0.4, -0.2) is 27.5 Å². The second-order valence-electron chi connectivity index (χ2n) is 3.37. The van der Waals surface area contributed by atoms with Crippen LogP contribution < -0.4 is 5.56 Å². The lowest BCUT2D eigenvalue weighted by atomic mass is 10.3. The molecule has 0 saturated carbocycles. The Morgan fingerprint density at radius 2 is 2.35 bits per heavy atom. The van der Waals surface area contributed by atoms with Crippen molar-refractivity contribution in [2.24, 2.45) is 0 Å². The summed E-state index contributed by atoms with van der Waals surface area (Å²) in [7, 11) is 0. The molecule has 0 amide bonds. The molecule has 0 radical (unpaired) electrons. The van der Waals surface area contributed by atoms with Crippen molar-refractivity contribution in [2.45, 2.75) is 13.3 Å². The first-order valence-corrected chi connectivity index (χ1v) is 5.20. The number of esters is 1. The Morgan fingerprint density at radius 3 is 3.12 bits per heavy atom. The number of nitrogens with zero attached hydrogens (tertiary/aromatic N) is 2. The van der Waals surface area contributed by atoms with Crippen LogP contribution >= 0.6 is 0 Å². The Balaban J connectivity index is 2.37. The monoisotopic (exact) mass is 233 g/mol. The highest BCUT2D eigenvalue weighted by atomic mass is 16.5. The number of carbonyl (C=O) groups excluding carboxylic acids is 1. The van der Waals surface area contributed by atoms with Gasteiger partial charge < -0.3 is 9.72 Å². The molecule has 2 aromatic heterocycles. The van der Waals surface area contributed by atoms with E-state index in [0.29, 0.717) is 11.2 Å². The van der Waals surface area contributed by atoms with E-state index in [1.165, 1.54) is 0 Å². The molecule has 0 aromatic carbocycles. The molecule has 0 aliphatic heterocycles. The summed E-state index contributed by atoms with van der Waals surface area (Å²) < 4.78 is 4.76. The molecule has 0 spiro atoms. The fourth-order valence-corrected chi connectivity index (χ4v) is 1.43. The summed E-state index contributed by atoms with van der Waals surface area (Å²) in [6, 6.07) is 3.40. The van der Waals surface area contributed by atoms with Gasteiger partial charge in [-0.2, -0.15) is 0 Å². The molecule has 1 N–H and O–H groups in total. The van der Waals surface area contributed by atoms with Crippen molar-refractivity contribution in [3.05, 3.63) is 34.4 Å². The zero-order valence-corrected chi connectivity index (χ0v) is 9.27. The summed E-state index contributed by atoms with van der Waals surface area (Å²) >= 11 is 0. The van der Waals surface area contributed by atoms with Gasteiger partial charge in [0.05, 0.1) is 18.5 Å². The van der Waals surface area contributed by atoms with Gasteiger partial charge in [0.25, 0.3) is 5.56 Å². The SMILES string of the molecule is CCOC(=O)Cc1nc2ncccc2[nH]c1=O. The number of H-pyrrole nitrogens is 1. The Labute approximate surface area is 96.7 Å². The summed E-state index contributed by atoms with van der Waals surface area (Å²) in [4.78, 5) is 33.5. The third-order valence-electron chi connectivity index (χ3n) is 2.15. The minimum Gasteiger partial charge on any atom is -0.466 e. The maximum absolute atomic E-state index is 11.6. The van der Waals surface area contributed by atoms with Crippen LogP contribution in [0.15, 0.2) is 23.1 Å². The Bertz CT molecular complexity index is 606. The number of hydrogen-bond donors (Lipinski definition) is 1. The van der Waals surface area contributed by atoms with Crippen molar-refractivity contribution < 1.29 is 9.53 Å². The van der Waals surface area contributed by atoms with E-state index in [2.05, 4.69) is 15.0 Å². The Hall–Kier alpha value is -2.24. The molecule has 0 bridgehead atoms. The largest absolute Gasteiger partial charge is 0.466 e. The fourth-order valence-electron chi connectivity index (χ4n) is 1.43. The maximum Gasteiger partial charge on any atom is 0.312 e. The number of ether oxygens (including phenoxy) is 1. The van der Waals surface area contributed by atoms with Crippen molar-refractivity contribution in [1.29, 1.82) is 0 Å². The molecule has 88 valence electrons. The summed E-state index contributed by atoms with van der Waals surface area (Å²) in [5.41, 5.74) is 0.685. The quantitative estimate of drug-likeness (QED) is 0.777. The first kappa shape index (κ1) is 11.3. The van der Waals surface area contributed by atoms with E-state index in [1.54, 1.807) is 25.3 Å². The van der Waals surface area contributed by atoms with Gasteiger partial charge in [-0.1, -0.05) is 0 Å². The van der Waals surface area contributed by atoms with Gasteiger partial charge in [-0.3, -0.25) is 9.59 Å². The molecular formula is C11H11N3O3. The average Bonchev–Trinajstić information content (AvgIpc) is 2.30. The van der Waals surface area contributed by atoms with Gasteiger partial charge in [0.15, 0.2) is 5.65 Å². The highest BCUT2D eigenvalue weighted by Gasteiger charge is 2.10. The van der Waals surface area contributed by atoms with E-state index in [1.807, 2.05) is 0 Å². The molecular weight excluding hydrogens is 222 g/mol. The molecule has 0 atom stereocenters. The number of aromatic nitrogens is 3. The zero-order chi connectivity index (χ0) is 12.3. The second kappa shape index (κ2) is 4.73. The molecule has 0 unspecified atom stereocenters. The Morgan fingerprint density at radius 1 is 1.53 bits per heavy atom. The topological polar surface area (TPSA) is 84.9 Å². The summed E-state index contributed by atoms with van der Waals surface area (Å²) in [5.74, 6) is -0.471. The molecule has 6 heteroatoms. The van der Waals surface area contributed by atoms with Crippen LogP contribution in [0.2, 0.25) is 0 Å². The predicted molar refractivity (Wildman–Crippen MR) is 60.5 cm³/mol. The lowest BCUT2D eigenvalue weighted by molar-refractivity contribution is -0.142. The predicted octanol–water partition coefficient (Wildman–Crippen LogP) is 0.424. The third kappa shape index (κ3) is 2.47. The van der Waals surface area contributed by atoms with Crippen LogP contribution in [0.1, 0.15) is 12.6 Å². The first-order valence-electron chi connectivity index (χ1n) is 5.20. The lowest BCUT2D eigenvalue weighted by Gasteiger charge is -2.01.